The van der Waals surface area contributed by atoms with Crippen molar-refractivity contribution in [3.8, 4) is 0 Å². The fourth-order valence-electron chi connectivity index (χ4n) is 1.54. The fourth-order valence-corrected chi connectivity index (χ4v) is 2.67. The minimum absolute atomic E-state index is 0.00289. The Morgan fingerprint density at radius 2 is 1.60 bits per heavy atom. The monoisotopic (exact) mass is 264 g/mol. The van der Waals surface area contributed by atoms with Crippen molar-refractivity contribution in [2.45, 2.75) is 13.8 Å². The maximum atomic E-state index is 4.54. The first-order chi connectivity index (χ1) is 7.25. The average Bonchev–Trinajstić information content (AvgIpc) is 2.68. The van der Waals surface area contributed by atoms with Crippen LogP contribution in [-0.2, 0) is 0 Å². The Morgan fingerprint density at radius 3 is 2.47 bits per heavy atom. The Bertz CT molecular complexity index is 659. The van der Waals surface area contributed by atoms with Crippen molar-refractivity contribution < 1.29 is 0 Å². The molecule has 3 rings (SSSR count). The van der Waals surface area contributed by atoms with Crippen LogP contribution in [0, 0.1) is 13.8 Å². The van der Waals surface area contributed by atoms with Gasteiger partial charge in [-0.2, -0.15) is 0 Å². The molecule has 5 heteroatoms. The minimum atomic E-state index is -0.00289. The molecule has 0 spiro atoms. The molecular weight excluding hydrogens is 255 g/mol. The molecular formula is C10H8N4Se. The van der Waals surface area contributed by atoms with Gasteiger partial charge in [0.15, 0.2) is 0 Å². The van der Waals surface area contributed by atoms with Crippen LogP contribution >= 0.6 is 0 Å². The summed E-state index contributed by atoms with van der Waals surface area (Å²) in [7, 11) is 0. The van der Waals surface area contributed by atoms with Gasteiger partial charge in [-0.1, -0.05) is 0 Å². The van der Waals surface area contributed by atoms with Gasteiger partial charge in [0, 0.05) is 0 Å². The van der Waals surface area contributed by atoms with Gasteiger partial charge in [0.1, 0.15) is 0 Å². The molecule has 2 aromatic heterocycles. The van der Waals surface area contributed by atoms with Crippen LogP contribution in [0.25, 0.3) is 22.1 Å². The van der Waals surface area contributed by atoms with Gasteiger partial charge in [-0.25, -0.2) is 0 Å². The molecule has 0 aliphatic heterocycles. The number of hydrogen-bond donors (Lipinski definition) is 0. The topological polar surface area (TPSA) is 51.6 Å². The molecule has 0 radical (unpaired) electrons. The Morgan fingerprint density at radius 1 is 0.867 bits per heavy atom. The Balaban J connectivity index is 2.57. The second kappa shape index (κ2) is 3.08. The van der Waals surface area contributed by atoms with Crippen LogP contribution < -0.4 is 0 Å². The molecule has 0 aliphatic carbocycles. The molecule has 0 saturated heterocycles. The van der Waals surface area contributed by atoms with E-state index in [0.29, 0.717) is 0 Å². The fraction of sp³-hybridized carbons (Fsp3) is 0.200. The summed E-state index contributed by atoms with van der Waals surface area (Å²) in [6.07, 6.45) is 0. The third kappa shape index (κ3) is 1.27. The predicted molar refractivity (Wildman–Crippen MR) is 59.0 cm³/mol. The van der Waals surface area contributed by atoms with Gasteiger partial charge in [-0.3, -0.25) is 0 Å². The van der Waals surface area contributed by atoms with E-state index in [4.69, 9.17) is 0 Å². The van der Waals surface area contributed by atoms with Crippen molar-refractivity contribution in [2.75, 3.05) is 0 Å². The standard InChI is InChI=1S/C10H8N4Se/c1-5-6(2)12-9-7(11-5)3-4-8-10(9)14-15-13-8/h3-4H,1-2H3. The first kappa shape index (κ1) is 8.95. The molecule has 2 heterocycles. The molecule has 4 nitrogen and oxygen atoms in total. The van der Waals surface area contributed by atoms with Crippen molar-refractivity contribution >= 4 is 37.0 Å². The van der Waals surface area contributed by atoms with Gasteiger partial charge >= 0.3 is 92.3 Å². The van der Waals surface area contributed by atoms with E-state index in [-0.39, 0.29) is 15.0 Å². The van der Waals surface area contributed by atoms with Crippen LogP contribution in [0.1, 0.15) is 11.4 Å². The van der Waals surface area contributed by atoms with Crippen molar-refractivity contribution in [3.63, 3.8) is 0 Å². The van der Waals surface area contributed by atoms with Crippen LogP contribution in [0.3, 0.4) is 0 Å². The number of aromatic nitrogens is 4. The molecule has 0 aliphatic rings. The Kier molecular flexibility index (Phi) is 1.84. The van der Waals surface area contributed by atoms with Gasteiger partial charge in [-0.05, 0) is 0 Å². The first-order valence-electron chi connectivity index (χ1n) is 4.62. The third-order valence-electron chi connectivity index (χ3n) is 2.47. The summed E-state index contributed by atoms with van der Waals surface area (Å²) in [6.45, 7) is 3.94. The van der Waals surface area contributed by atoms with Gasteiger partial charge in [0.05, 0.1) is 0 Å². The van der Waals surface area contributed by atoms with E-state index < -0.39 is 0 Å². The van der Waals surface area contributed by atoms with Crippen molar-refractivity contribution in [2.24, 2.45) is 0 Å². The van der Waals surface area contributed by atoms with Gasteiger partial charge in [0.25, 0.3) is 0 Å². The van der Waals surface area contributed by atoms with E-state index in [1.807, 2.05) is 26.0 Å². The summed E-state index contributed by atoms with van der Waals surface area (Å²) >= 11 is -0.00289. The van der Waals surface area contributed by atoms with Crippen LogP contribution in [-0.4, -0.2) is 32.9 Å². The first-order valence-corrected chi connectivity index (χ1v) is 6.15. The molecule has 3 aromatic rings. The predicted octanol–water partition coefficient (Wildman–Crippen LogP) is 1.25. The van der Waals surface area contributed by atoms with Gasteiger partial charge in [-0.15, -0.1) is 0 Å². The van der Waals surface area contributed by atoms with E-state index in [2.05, 4.69) is 17.9 Å². The van der Waals surface area contributed by atoms with Crippen LogP contribution in [0.4, 0.5) is 0 Å². The second-order valence-electron chi connectivity index (χ2n) is 3.46. The average molecular weight is 263 g/mol. The van der Waals surface area contributed by atoms with Gasteiger partial charge < -0.3 is 0 Å². The molecule has 0 bridgehead atoms. The van der Waals surface area contributed by atoms with E-state index >= 15 is 0 Å². The van der Waals surface area contributed by atoms with Crippen molar-refractivity contribution in [1.82, 2.24) is 17.9 Å². The molecule has 0 N–H and O–H groups in total. The number of rotatable bonds is 0. The normalized spacial score (nSPS) is 11.3. The molecule has 15 heavy (non-hydrogen) atoms. The van der Waals surface area contributed by atoms with Crippen LogP contribution in [0.5, 0.6) is 0 Å². The van der Waals surface area contributed by atoms with Crippen molar-refractivity contribution in [1.29, 1.82) is 0 Å². The van der Waals surface area contributed by atoms with Crippen molar-refractivity contribution in [3.05, 3.63) is 23.5 Å². The molecule has 0 atom stereocenters. The van der Waals surface area contributed by atoms with Crippen LogP contribution in [0.2, 0.25) is 0 Å². The quantitative estimate of drug-likeness (QED) is 0.573. The molecule has 1 aromatic carbocycles. The summed E-state index contributed by atoms with van der Waals surface area (Å²) in [5, 5.41) is 0. The molecule has 0 amide bonds. The molecule has 0 fully saturated rings. The van der Waals surface area contributed by atoms with E-state index in [9.17, 15) is 0 Å². The number of hydrogen-bond acceptors (Lipinski definition) is 4. The zero-order valence-electron chi connectivity index (χ0n) is 8.35. The molecule has 0 unspecified atom stereocenters. The van der Waals surface area contributed by atoms with E-state index in [1.54, 1.807) is 0 Å². The number of nitrogens with zero attached hydrogens (tertiary/aromatic N) is 4. The SMILES string of the molecule is Cc1nc2ccc3n[se]nc3c2nc1C. The third-order valence-corrected chi connectivity index (χ3v) is 3.61. The second-order valence-corrected chi connectivity index (χ2v) is 4.57. The zero-order valence-corrected chi connectivity index (χ0v) is 10.1. The van der Waals surface area contributed by atoms with Crippen LogP contribution in [0.15, 0.2) is 12.1 Å². The summed E-state index contributed by atoms with van der Waals surface area (Å²) in [4.78, 5) is 9.04. The number of benzene rings is 1. The van der Waals surface area contributed by atoms with E-state index in [0.717, 1.165) is 33.5 Å². The van der Waals surface area contributed by atoms with E-state index in [1.165, 1.54) is 0 Å². The maximum absolute atomic E-state index is 4.54. The summed E-state index contributed by atoms with van der Waals surface area (Å²) in [5.74, 6) is 0. The summed E-state index contributed by atoms with van der Waals surface area (Å²) in [6, 6.07) is 3.94. The van der Waals surface area contributed by atoms with Gasteiger partial charge in [0.2, 0.25) is 0 Å². The summed E-state index contributed by atoms with van der Waals surface area (Å²) < 4.78 is 8.72. The number of fused-ring (bicyclic) bond motifs is 3. The summed E-state index contributed by atoms with van der Waals surface area (Å²) in [5.41, 5.74) is 5.61. The zero-order chi connectivity index (χ0) is 10.4. The Labute approximate surface area is 92.6 Å². The molecule has 74 valence electrons. The molecule has 0 saturated carbocycles. The Hall–Kier alpha value is -1.32. The number of aryl methyl sites for hydroxylation is 2.